The lowest BCUT2D eigenvalue weighted by molar-refractivity contribution is -0.392. The number of nitro groups is 1. The standard InChI is InChI=1S/C11H20N4O3/c1-3-13(5-4-8-16)6-7-14-10(2)12-9-11(14)15(17)18/h9,16H,3-8H2,1-2H3. The summed E-state index contributed by atoms with van der Waals surface area (Å²) in [6.45, 7) is 6.89. The quantitative estimate of drug-likeness (QED) is 0.549. The van der Waals surface area contributed by atoms with Gasteiger partial charge in [-0.25, -0.2) is 9.55 Å². The average Bonchev–Trinajstić information content (AvgIpc) is 2.71. The number of rotatable bonds is 8. The molecule has 0 aliphatic rings. The molecule has 0 unspecified atom stereocenters. The van der Waals surface area contributed by atoms with Crippen LogP contribution in [0.5, 0.6) is 0 Å². The van der Waals surface area contributed by atoms with Crippen LogP contribution in [0.2, 0.25) is 0 Å². The Balaban J connectivity index is 2.61. The van der Waals surface area contributed by atoms with Gasteiger partial charge in [-0.15, -0.1) is 0 Å². The normalized spacial score (nSPS) is 11.1. The highest BCUT2D eigenvalue weighted by Gasteiger charge is 2.17. The molecule has 0 atom stereocenters. The van der Waals surface area contributed by atoms with Gasteiger partial charge in [0, 0.05) is 26.6 Å². The maximum absolute atomic E-state index is 10.8. The molecular formula is C11H20N4O3. The van der Waals surface area contributed by atoms with Gasteiger partial charge in [0.05, 0.1) is 0 Å². The molecule has 1 heterocycles. The van der Waals surface area contributed by atoms with Gasteiger partial charge in [-0.3, -0.25) is 4.90 Å². The Morgan fingerprint density at radius 2 is 2.28 bits per heavy atom. The SMILES string of the molecule is CCN(CCCO)CCn1c([N+](=O)[O-])cnc1C. The Labute approximate surface area is 106 Å². The first-order valence-electron chi connectivity index (χ1n) is 6.09. The summed E-state index contributed by atoms with van der Waals surface area (Å²) >= 11 is 0. The van der Waals surface area contributed by atoms with E-state index in [9.17, 15) is 10.1 Å². The fourth-order valence-corrected chi connectivity index (χ4v) is 1.84. The van der Waals surface area contributed by atoms with Crippen molar-refractivity contribution in [3.63, 3.8) is 0 Å². The van der Waals surface area contributed by atoms with Crippen molar-refractivity contribution in [1.82, 2.24) is 14.5 Å². The molecule has 0 aromatic carbocycles. The van der Waals surface area contributed by atoms with Crippen molar-refractivity contribution in [2.24, 2.45) is 0 Å². The smallest absolute Gasteiger partial charge is 0.342 e. The largest absolute Gasteiger partial charge is 0.396 e. The van der Waals surface area contributed by atoms with Crippen molar-refractivity contribution in [1.29, 1.82) is 0 Å². The zero-order chi connectivity index (χ0) is 13.5. The van der Waals surface area contributed by atoms with Gasteiger partial charge >= 0.3 is 5.82 Å². The fourth-order valence-electron chi connectivity index (χ4n) is 1.84. The third-order valence-corrected chi connectivity index (χ3v) is 2.94. The number of aryl methyl sites for hydroxylation is 1. The van der Waals surface area contributed by atoms with E-state index in [0.717, 1.165) is 19.5 Å². The van der Waals surface area contributed by atoms with Crippen molar-refractivity contribution in [3.05, 3.63) is 22.1 Å². The van der Waals surface area contributed by atoms with E-state index in [0.29, 0.717) is 18.9 Å². The van der Waals surface area contributed by atoms with Crippen LogP contribution in [0.1, 0.15) is 19.2 Å². The number of imidazole rings is 1. The number of nitrogens with zero attached hydrogens (tertiary/aromatic N) is 4. The molecule has 0 radical (unpaired) electrons. The van der Waals surface area contributed by atoms with E-state index in [-0.39, 0.29) is 12.4 Å². The van der Waals surface area contributed by atoms with Gasteiger partial charge in [0.15, 0.2) is 5.82 Å². The van der Waals surface area contributed by atoms with Crippen molar-refractivity contribution in [2.45, 2.75) is 26.8 Å². The predicted octanol–water partition coefficient (Wildman–Crippen LogP) is 0.804. The summed E-state index contributed by atoms with van der Waals surface area (Å²) in [6.07, 6.45) is 2.01. The molecule has 1 aromatic rings. The zero-order valence-corrected chi connectivity index (χ0v) is 10.9. The first-order chi connectivity index (χ1) is 8.60. The van der Waals surface area contributed by atoms with E-state index in [4.69, 9.17) is 5.11 Å². The third-order valence-electron chi connectivity index (χ3n) is 2.94. The van der Waals surface area contributed by atoms with Crippen molar-refractivity contribution in [3.8, 4) is 0 Å². The molecule has 7 heteroatoms. The van der Waals surface area contributed by atoms with E-state index in [1.807, 2.05) is 6.92 Å². The summed E-state index contributed by atoms with van der Waals surface area (Å²) in [5.74, 6) is 0.686. The molecule has 102 valence electrons. The highest BCUT2D eigenvalue weighted by atomic mass is 16.6. The molecule has 1 rings (SSSR count). The van der Waals surface area contributed by atoms with Gasteiger partial charge in [-0.05, 0) is 17.9 Å². The van der Waals surface area contributed by atoms with E-state index in [2.05, 4.69) is 9.88 Å². The molecule has 0 aliphatic carbocycles. The molecule has 0 spiro atoms. The minimum absolute atomic E-state index is 0.0331. The van der Waals surface area contributed by atoms with Crippen LogP contribution >= 0.6 is 0 Å². The zero-order valence-electron chi connectivity index (χ0n) is 10.9. The van der Waals surface area contributed by atoms with Crippen LogP contribution in [-0.4, -0.2) is 50.7 Å². The maximum Gasteiger partial charge on any atom is 0.342 e. The highest BCUT2D eigenvalue weighted by molar-refractivity contribution is 5.18. The Hall–Kier alpha value is -1.47. The molecule has 0 bridgehead atoms. The Morgan fingerprint density at radius 1 is 1.56 bits per heavy atom. The minimum Gasteiger partial charge on any atom is -0.396 e. The summed E-state index contributed by atoms with van der Waals surface area (Å²) in [6, 6.07) is 0. The second-order valence-electron chi connectivity index (χ2n) is 4.08. The van der Waals surface area contributed by atoms with Crippen LogP contribution in [-0.2, 0) is 6.54 Å². The lowest BCUT2D eigenvalue weighted by Crippen LogP contribution is -2.29. The lowest BCUT2D eigenvalue weighted by atomic mass is 10.3. The Kier molecular flexibility index (Phi) is 5.73. The van der Waals surface area contributed by atoms with Gasteiger partial charge in [-0.2, -0.15) is 0 Å². The molecule has 0 amide bonds. The highest BCUT2D eigenvalue weighted by Crippen LogP contribution is 2.13. The van der Waals surface area contributed by atoms with Gasteiger partial charge in [0.25, 0.3) is 0 Å². The number of aromatic nitrogens is 2. The van der Waals surface area contributed by atoms with Crippen LogP contribution in [0.15, 0.2) is 6.20 Å². The van der Waals surface area contributed by atoms with Gasteiger partial charge in [-0.1, -0.05) is 6.92 Å². The van der Waals surface area contributed by atoms with E-state index in [1.54, 1.807) is 11.5 Å². The van der Waals surface area contributed by atoms with Crippen molar-refractivity contribution in [2.75, 3.05) is 26.2 Å². The molecule has 0 fully saturated rings. The van der Waals surface area contributed by atoms with Crippen LogP contribution in [0.3, 0.4) is 0 Å². The van der Waals surface area contributed by atoms with Crippen molar-refractivity contribution < 1.29 is 10.0 Å². The maximum atomic E-state index is 10.8. The van der Waals surface area contributed by atoms with Gasteiger partial charge < -0.3 is 15.2 Å². The number of likely N-dealkylation sites (N-methyl/N-ethyl adjacent to an activating group) is 1. The fraction of sp³-hybridized carbons (Fsp3) is 0.727. The van der Waals surface area contributed by atoms with Crippen molar-refractivity contribution >= 4 is 5.82 Å². The first kappa shape index (κ1) is 14.6. The molecule has 0 aliphatic heterocycles. The topological polar surface area (TPSA) is 84.4 Å². The molecule has 18 heavy (non-hydrogen) atoms. The number of aliphatic hydroxyl groups is 1. The predicted molar refractivity (Wildman–Crippen MR) is 67.4 cm³/mol. The molecule has 1 N–H and O–H groups in total. The van der Waals surface area contributed by atoms with E-state index in [1.165, 1.54) is 6.20 Å². The van der Waals surface area contributed by atoms with Gasteiger partial charge in [0.1, 0.15) is 12.7 Å². The molecule has 1 aromatic heterocycles. The second-order valence-corrected chi connectivity index (χ2v) is 4.08. The third kappa shape index (κ3) is 3.78. The van der Waals surface area contributed by atoms with Crippen LogP contribution in [0.4, 0.5) is 5.82 Å². The average molecular weight is 256 g/mol. The molecule has 0 saturated heterocycles. The van der Waals surface area contributed by atoms with E-state index < -0.39 is 4.92 Å². The minimum atomic E-state index is -0.413. The van der Waals surface area contributed by atoms with Crippen LogP contribution in [0, 0.1) is 17.0 Å². The summed E-state index contributed by atoms with van der Waals surface area (Å²) in [5, 5.41) is 19.6. The Bertz CT molecular complexity index is 392. The van der Waals surface area contributed by atoms with Crippen LogP contribution in [0.25, 0.3) is 0 Å². The molecular weight excluding hydrogens is 236 g/mol. The summed E-state index contributed by atoms with van der Waals surface area (Å²) in [5.41, 5.74) is 0. The number of hydrogen-bond acceptors (Lipinski definition) is 5. The summed E-state index contributed by atoms with van der Waals surface area (Å²) < 4.78 is 1.61. The number of hydrogen-bond donors (Lipinski definition) is 1. The summed E-state index contributed by atoms with van der Waals surface area (Å²) in [4.78, 5) is 16.5. The molecule has 0 saturated carbocycles. The number of aliphatic hydroxyl groups excluding tert-OH is 1. The first-order valence-corrected chi connectivity index (χ1v) is 6.09. The lowest BCUT2D eigenvalue weighted by Gasteiger charge is -2.18. The van der Waals surface area contributed by atoms with Gasteiger partial charge in [0.2, 0.25) is 0 Å². The molecule has 7 nitrogen and oxygen atoms in total. The van der Waals surface area contributed by atoms with E-state index >= 15 is 0 Å². The second kappa shape index (κ2) is 7.07. The monoisotopic (exact) mass is 256 g/mol. The Morgan fingerprint density at radius 3 is 2.83 bits per heavy atom. The van der Waals surface area contributed by atoms with Crippen LogP contribution < -0.4 is 0 Å². The summed E-state index contributed by atoms with van der Waals surface area (Å²) in [7, 11) is 0.